The van der Waals surface area contributed by atoms with Crippen molar-refractivity contribution in [3.8, 4) is 5.75 Å². The number of aryl methyl sites for hydroxylation is 2. The standard InChI is InChI=1S/C14H21NO2/c1-11-5-6-12(14(10-11)17-2)7-8-13(16)4-3-9-15/h5-6,10H,3-4,7-9,15H2,1-2H3. The number of Topliss-reactive ketones (excluding diaryl/α,β-unsaturated/α-hetero) is 1. The molecule has 3 heteroatoms. The van der Waals surface area contributed by atoms with E-state index in [2.05, 4.69) is 0 Å². The first-order valence-corrected chi connectivity index (χ1v) is 6.02. The van der Waals surface area contributed by atoms with Crippen molar-refractivity contribution in [2.24, 2.45) is 5.73 Å². The first-order valence-electron chi connectivity index (χ1n) is 6.02. The van der Waals surface area contributed by atoms with Crippen molar-refractivity contribution >= 4 is 5.78 Å². The zero-order valence-electron chi connectivity index (χ0n) is 10.7. The third kappa shape index (κ3) is 4.57. The molecule has 3 nitrogen and oxygen atoms in total. The predicted molar refractivity (Wildman–Crippen MR) is 69.3 cm³/mol. The summed E-state index contributed by atoms with van der Waals surface area (Å²) < 4.78 is 5.31. The van der Waals surface area contributed by atoms with E-state index in [4.69, 9.17) is 10.5 Å². The Hall–Kier alpha value is -1.35. The van der Waals surface area contributed by atoms with Gasteiger partial charge in [0, 0.05) is 12.8 Å². The van der Waals surface area contributed by atoms with Gasteiger partial charge in [0.2, 0.25) is 0 Å². The maximum absolute atomic E-state index is 11.5. The molecule has 17 heavy (non-hydrogen) atoms. The van der Waals surface area contributed by atoms with Crippen LogP contribution in [0.4, 0.5) is 0 Å². The Labute approximate surface area is 103 Å². The fourth-order valence-electron chi connectivity index (χ4n) is 1.76. The highest BCUT2D eigenvalue weighted by Crippen LogP contribution is 2.21. The zero-order chi connectivity index (χ0) is 12.7. The second-order valence-corrected chi connectivity index (χ2v) is 4.25. The molecule has 2 N–H and O–H groups in total. The van der Waals surface area contributed by atoms with E-state index >= 15 is 0 Å². The Balaban J connectivity index is 2.54. The van der Waals surface area contributed by atoms with Crippen molar-refractivity contribution in [2.45, 2.75) is 32.6 Å². The van der Waals surface area contributed by atoms with E-state index in [1.807, 2.05) is 25.1 Å². The zero-order valence-corrected chi connectivity index (χ0v) is 10.7. The minimum Gasteiger partial charge on any atom is -0.496 e. The molecule has 0 aliphatic rings. The van der Waals surface area contributed by atoms with Crippen LogP contribution in [0.1, 0.15) is 30.4 Å². The van der Waals surface area contributed by atoms with Gasteiger partial charge in [0.25, 0.3) is 0 Å². The van der Waals surface area contributed by atoms with Crippen LogP contribution in [-0.2, 0) is 11.2 Å². The van der Waals surface area contributed by atoms with Crippen LogP contribution in [0.5, 0.6) is 5.75 Å². The number of methoxy groups -OCH3 is 1. The summed E-state index contributed by atoms with van der Waals surface area (Å²) in [5.74, 6) is 1.15. The molecule has 0 aliphatic heterocycles. The normalized spacial score (nSPS) is 10.3. The predicted octanol–water partition coefficient (Wildman–Crippen LogP) is 2.24. The molecule has 0 amide bonds. The largest absolute Gasteiger partial charge is 0.496 e. The lowest BCUT2D eigenvalue weighted by atomic mass is 10.0. The lowest BCUT2D eigenvalue weighted by molar-refractivity contribution is -0.119. The van der Waals surface area contributed by atoms with Gasteiger partial charge in [-0.2, -0.15) is 0 Å². The minimum atomic E-state index is 0.276. The number of hydrogen-bond donors (Lipinski definition) is 1. The second kappa shape index (κ2) is 7.07. The van der Waals surface area contributed by atoms with Gasteiger partial charge >= 0.3 is 0 Å². The van der Waals surface area contributed by atoms with Crippen molar-refractivity contribution in [3.63, 3.8) is 0 Å². The van der Waals surface area contributed by atoms with Gasteiger partial charge in [-0.1, -0.05) is 12.1 Å². The smallest absolute Gasteiger partial charge is 0.133 e. The second-order valence-electron chi connectivity index (χ2n) is 4.25. The molecule has 0 spiro atoms. The fourth-order valence-corrected chi connectivity index (χ4v) is 1.76. The van der Waals surface area contributed by atoms with Gasteiger partial charge < -0.3 is 10.5 Å². The number of ketones is 1. The minimum absolute atomic E-state index is 0.276. The molecular formula is C14H21NO2. The summed E-state index contributed by atoms with van der Waals surface area (Å²) in [5, 5.41) is 0. The van der Waals surface area contributed by atoms with Crippen LogP contribution in [-0.4, -0.2) is 19.4 Å². The number of benzene rings is 1. The Morgan fingerprint density at radius 2 is 2.12 bits per heavy atom. The highest BCUT2D eigenvalue weighted by Gasteiger charge is 2.06. The van der Waals surface area contributed by atoms with Gasteiger partial charge in [0.15, 0.2) is 0 Å². The third-order valence-corrected chi connectivity index (χ3v) is 2.78. The van der Waals surface area contributed by atoms with E-state index in [1.54, 1.807) is 7.11 Å². The first-order chi connectivity index (χ1) is 8.17. The molecule has 1 aromatic carbocycles. The van der Waals surface area contributed by atoms with Crippen LogP contribution >= 0.6 is 0 Å². The highest BCUT2D eigenvalue weighted by atomic mass is 16.5. The molecular weight excluding hydrogens is 214 g/mol. The summed E-state index contributed by atoms with van der Waals surface area (Å²) in [6, 6.07) is 6.08. The summed E-state index contributed by atoms with van der Waals surface area (Å²) in [4.78, 5) is 11.5. The SMILES string of the molecule is COc1cc(C)ccc1CCC(=O)CCCN. The van der Waals surface area contributed by atoms with Crippen LogP contribution in [0.3, 0.4) is 0 Å². The highest BCUT2D eigenvalue weighted by molar-refractivity contribution is 5.78. The van der Waals surface area contributed by atoms with E-state index in [9.17, 15) is 4.79 Å². The molecule has 0 aliphatic carbocycles. The maximum atomic E-state index is 11.5. The molecule has 0 aromatic heterocycles. The van der Waals surface area contributed by atoms with Gasteiger partial charge in [0.1, 0.15) is 11.5 Å². The maximum Gasteiger partial charge on any atom is 0.133 e. The van der Waals surface area contributed by atoms with Crippen molar-refractivity contribution < 1.29 is 9.53 Å². The van der Waals surface area contributed by atoms with Crippen LogP contribution in [0, 0.1) is 6.92 Å². The van der Waals surface area contributed by atoms with Gasteiger partial charge in [-0.3, -0.25) is 4.79 Å². The van der Waals surface area contributed by atoms with E-state index in [-0.39, 0.29) is 5.78 Å². The molecule has 0 heterocycles. The Morgan fingerprint density at radius 3 is 2.76 bits per heavy atom. The van der Waals surface area contributed by atoms with Crippen molar-refractivity contribution in [1.82, 2.24) is 0 Å². The van der Waals surface area contributed by atoms with Gasteiger partial charge in [-0.25, -0.2) is 0 Å². The number of carbonyl (C=O) groups excluding carboxylic acids is 1. The van der Waals surface area contributed by atoms with E-state index in [0.29, 0.717) is 19.4 Å². The molecule has 0 bridgehead atoms. The molecule has 1 aromatic rings. The Bertz CT molecular complexity index is 374. The molecule has 0 radical (unpaired) electrons. The van der Waals surface area contributed by atoms with Crippen molar-refractivity contribution in [3.05, 3.63) is 29.3 Å². The molecule has 0 fully saturated rings. The summed E-state index contributed by atoms with van der Waals surface area (Å²) in [7, 11) is 1.66. The molecule has 0 unspecified atom stereocenters. The molecule has 0 atom stereocenters. The number of rotatable bonds is 7. The van der Waals surface area contributed by atoms with Crippen LogP contribution in [0.25, 0.3) is 0 Å². The summed E-state index contributed by atoms with van der Waals surface area (Å²) in [6.45, 7) is 2.61. The van der Waals surface area contributed by atoms with Gasteiger partial charge in [0.05, 0.1) is 7.11 Å². The fraction of sp³-hybridized carbons (Fsp3) is 0.500. The monoisotopic (exact) mass is 235 g/mol. The van der Waals surface area contributed by atoms with Gasteiger partial charge in [-0.05, 0) is 43.5 Å². The average Bonchev–Trinajstić information content (AvgIpc) is 2.34. The number of nitrogens with two attached hydrogens (primary N) is 1. The molecule has 94 valence electrons. The van der Waals surface area contributed by atoms with Crippen LogP contribution in [0.15, 0.2) is 18.2 Å². The van der Waals surface area contributed by atoms with E-state index in [1.165, 1.54) is 5.56 Å². The van der Waals surface area contributed by atoms with Crippen LogP contribution in [0.2, 0.25) is 0 Å². The average molecular weight is 235 g/mol. The summed E-state index contributed by atoms with van der Waals surface area (Å²) >= 11 is 0. The summed E-state index contributed by atoms with van der Waals surface area (Å²) in [5.41, 5.74) is 7.64. The molecule has 0 saturated heterocycles. The Kier molecular flexibility index (Phi) is 5.70. The molecule has 1 rings (SSSR count). The summed E-state index contributed by atoms with van der Waals surface area (Å²) in [6.07, 6.45) is 2.68. The third-order valence-electron chi connectivity index (χ3n) is 2.78. The van der Waals surface area contributed by atoms with Crippen molar-refractivity contribution in [2.75, 3.05) is 13.7 Å². The number of carbonyl (C=O) groups is 1. The lowest BCUT2D eigenvalue weighted by Gasteiger charge is -2.09. The number of ether oxygens (including phenoxy) is 1. The van der Waals surface area contributed by atoms with Crippen LogP contribution < -0.4 is 10.5 Å². The van der Waals surface area contributed by atoms with E-state index < -0.39 is 0 Å². The quantitative estimate of drug-likeness (QED) is 0.788. The lowest BCUT2D eigenvalue weighted by Crippen LogP contribution is -2.05. The topological polar surface area (TPSA) is 52.3 Å². The van der Waals surface area contributed by atoms with E-state index in [0.717, 1.165) is 24.2 Å². The Morgan fingerprint density at radius 1 is 1.35 bits per heavy atom. The van der Waals surface area contributed by atoms with Crippen molar-refractivity contribution in [1.29, 1.82) is 0 Å². The molecule has 0 saturated carbocycles. The number of hydrogen-bond acceptors (Lipinski definition) is 3. The van der Waals surface area contributed by atoms with Gasteiger partial charge in [-0.15, -0.1) is 0 Å². The first kappa shape index (κ1) is 13.7.